The summed E-state index contributed by atoms with van der Waals surface area (Å²) in [6, 6.07) is 4.76. The number of hydrogen-bond donors (Lipinski definition) is 3. The predicted octanol–water partition coefficient (Wildman–Crippen LogP) is 2.55. The van der Waals surface area contributed by atoms with Gasteiger partial charge in [0.15, 0.2) is 17.5 Å². The standard InChI is InChI=1S/C19H17F3N2O4/c20-15-2-1-14(16(21)17(15)22)18(27)23-11-3-5-24(6-4-11)19(28)10-7-12(25)9-13(26)8-10/h1-2,7-9,11,25-26H,3-6H2,(H,23,27). The highest BCUT2D eigenvalue weighted by atomic mass is 19.2. The van der Waals surface area contributed by atoms with Crippen molar-refractivity contribution in [2.24, 2.45) is 0 Å². The molecule has 28 heavy (non-hydrogen) atoms. The van der Waals surface area contributed by atoms with Crippen LogP contribution < -0.4 is 5.32 Å². The lowest BCUT2D eigenvalue weighted by atomic mass is 10.0. The molecular weight excluding hydrogens is 377 g/mol. The first-order chi connectivity index (χ1) is 13.3. The third kappa shape index (κ3) is 4.03. The van der Waals surface area contributed by atoms with Crippen molar-refractivity contribution in [3.63, 3.8) is 0 Å². The van der Waals surface area contributed by atoms with E-state index in [0.717, 1.165) is 12.1 Å². The minimum absolute atomic E-state index is 0.129. The summed E-state index contributed by atoms with van der Waals surface area (Å²) in [6.45, 7) is 0.556. The van der Waals surface area contributed by atoms with Gasteiger partial charge >= 0.3 is 0 Å². The first-order valence-electron chi connectivity index (χ1n) is 8.53. The highest BCUT2D eigenvalue weighted by molar-refractivity contribution is 5.95. The average molecular weight is 394 g/mol. The number of piperidine rings is 1. The number of phenols is 2. The SMILES string of the molecule is O=C(NC1CCN(C(=O)c2cc(O)cc(O)c2)CC1)c1ccc(F)c(F)c1F. The van der Waals surface area contributed by atoms with Gasteiger partial charge in [-0.15, -0.1) is 0 Å². The van der Waals surface area contributed by atoms with Crippen LogP contribution in [-0.4, -0.2) is 46.1 Å². The van der Waals surface area contributed by atoms with Crippen molar-refractivity contribution >= 4 is 11.8 Å². The number of aromatic hydroxyl groups is 2. The lowest BCUT2D eigenvalue weighted by molar-refractivity contribution is 0.0697. The maximum absolute atomic E-state index is 13.7. The minimum Gasteiger partial charge on any atom is -0.508 e. The van der Waals surface area contributed by atoms with Gasteiger partial charge in [0.25, 0.3) is 11.8 Å². The van der Waals surface area contributed by atoms with Crippen LogP contribution in [0.5, 0.6) is 11.5 Å². The van der Waals surface area contributed by atoms with Crippen molar-refractivity contribution in [3.05, 3.63) is 58.9 Å². The number of rotatable bonds is 3. The Morgan fingerprint density at radius 2 is 1.57 bits per heavy atom. The molecule has 3 rings (SSSR count). The Morgan fingerprint density at radius 3 is 2.18 bits per heavy atom. The predicted molar refractivity (Wildman–Crippen MR) is 92.5 cm³/mol. The molecular formula is C19H17F3N2O4. The van der Waals surface area contributed by atoms with Gasteiger partial charge in [0, 0.05) is 30.8 Å². The van der Waals surface area contributed by atoms with Gasteiger partial charge in [-0.25, -0.2) is 13.2 Å². The molecule has 6 nitrogen and oxygen atoms in total. The molecule has 2 amide bonds. The molecule has 2 aromatic carbocycles. The Labute approximate surface area is 158 Å². The molecule has 3 N–H and O–H groups in total. The van der Waals surface area contributed by atoms with Crippen molar-refractivity contribution in [2.45, 2.75) is 18.9 Å². The van der Waals surface area contributed by atoms with Gasteiger partial charge in [0.2, 0.25) is 0 Å². The largest absolute Gasteiger partial charge is 0.508 e. The van der Waals surface area contributed by atoms with E-state index in [0.29, 0.717) is 18.9 Å². The van der Waals surface area contributed by atoms with Gasteiger partial charge < -0.3 is 20.4 Å². The molecule has 0 atom stereocenters. The van der Waals surface area contributed by atoms with E-state index in [9.17, 15) is 33.0 Å². The molecule has 0 radical (unpaired) electrons. The first-order valence-corrected chi connectivity index (χ1v) is 8.53. The fourth-order valence-corrected chi connectivity index (χ4v) is 3.09. The first kappa shape index (κ1) is 19.5. The number of halogens is 3. The number of carbonyl (C=O) groups is 2. The van der Waals surface area contributed by atoms with Gasteiger partial charge in [-0.2, -0.15) is 0 Å². The Bertz CT molecular complexity index is 907. The summed E-state index contributed by atoms with van der Waals surface area (Å²) in [5.41, 5.74) is -0.462. The second-order valence-corrected chi connectivity index (χ2v) is 6.50. The topological polar surface area (TPSA) is 89.9 Å². The zero-order valence-electron chi connectivity index (χ0n) is 14.6. The van der Waals surface area contributed by atoms with Crippen LogP contribution in [0.4, 0.5) is 13.2 Å². The summed E-state index contributed by atoms with van der Waals surface area (Å²) in [7, 11) is 0. The highest BCUT2D eigenvalue weighted by Gasteiger charge is 2.27. The maximum Gasteiger partial charge on any atom is 0.254 e. The van der Waals surface area contributed by atoms with E-state index in [1.807, 2.05) is 0 Å². The Hall–Kier alpha value is -3.23. The van der Waals surface area contributed by atoms with Gasteiger partial charge in [0.1, 0.15) is 11.5 Å². The number of nitrogens with one attached hydrogen (secondary N) is 1. The van der Waals surface area contributed by atoms with Crippen LogP contribution >= 0.6 is 0 Å². The zero-order chi connectivity index (χ0) is 20.4. The van der Waals surface area contributed by atoms with Gasteiger partial charge in [-0.05, 0) is 37.1 Å². The smallest absolute Gasteiger partial charge is 0.254 e. The Balaban J connectivity index is 1.60. The molecule has 2 aromatic rings. The second-order valence-electron chi connectivity index (χ2n) is 6.50. The van der Waals surface area contributed by atoms with Gasteiger partial charge in [0.05, 0.1) is 5.56 Å². The summed E-state index contributed by atoms with van der Waals surface area (Å²) in [5, 5.41) is 21.5. The molecule has 1 saturated heterocycles. The Morgan fingerprint density at radius 1 is 0.964 bits per heavy atom. The zero-order valence-corrected chi connectivity index (χ0v) is 14.6. The molecule has 0 aliphatic carbocycles. The van der Waals surface area contributed by atoms with E-state index in [-0.39, 0.29) is 42.1 Å². The van der Waals surface area contributed by atoms with Crippen LogP contribution in [0, 0.1) is 17.5 Å². The minimum atomic E-state index is -1.71. The van der Waals surface area contributed by atoms with E-state index in [1.165, 1.54) is 17.0 Å². The number of hydrogen-bond acceptors (Lipinski definition) is 4. The number of benzene rings is 2. The highest BCUT2D eigenvalue weighted by Crippen LogP contribution is 2.23. The molecule has 0 aromatic heterocycles. The van der Waals surface area contributed by atoms with Crippen LogP contribution in [0.3, 0.4) is 0 Å². The summed E-state index contributed by atoms with van der Waals surface area (Å²) in [4.78, 5) is 26.1. The van der Waals surface area contributed by atoms with Gasteiger partial charge in [-0.3, -0.25) is 9.59 Å². The van der Waals surface area contributed by atoms with Crippen molar-refractivity contribution in [1.82, 2.24) is 10.2 Å². The molecule has 0 unspecified atom stereocenters. The molecule has 0 spiro atoms. The molecule has 1 aliphatic heterocycles. The van der Waals surface area contributed by atoms with Crippen LogP contribution in [0.25, 0.3) is 0 Å². The van der Waals surface area contributed by atoms with E-state index < -0.39 is 28.9 Å². The number of amides is 2. The molecule has 1 aliphatic rings. The molecule has 0 bridgehead atoms. The Kier molecular flexibility index (Phi) is 5.43. The second kappa shape index (κ2) is 7.79. The monoisotopic (exact) mass is 394 g/mol. The van der Waals surface area contributed by atoms with Crippen molar-refractivity contribution in [2.75, 3.05) is 13.1 Å². The van der Waals surface area contributed by atoms with Crippen molar-refractivity contribution in [3.8, 4) is 11.5 Å². The summed E-state index contributed by atoms with van der Waals surface area (Å²) >= 11 is 0. The lowest BCUT2D eigenvalue weighted by Crippen LogP contribution is -2.46. The molecule has 0 saturated carbocycles. The van der Waals surface area contributed by atoms with E-state index in [2.05, 4.69) is 5.32 Å². The fraction of sp³-hybridized carbons (Fsp3) is 0.263. The van der Waals surface area contributed by atoms with E-state index in [4.69, 9.17) is 0 Å². The molecule has 9 heteroatoms. The number of carbonyl (C=O) groups excluding carboxylic acids is 2. The summed E-state index contributed by atoms with van der Waals surface area (Å²) in [5.74, 6) is -6.35. The van der Waals surface area contributed by atoms with Crippen LogP contribution in [0.15, 0.2) is 30.3 Å². The van der Waals surface area contributed by atoms with Crippen molar-refractivity contribution < 1.29 is 33.0 Å². The summed E-state index contributed by atoms with van der Waals surface area (Å²) < 4.78 is 40.0. The normalized spacial score (nSPS) is 14.8. The van der Waals surface area contributed by atoms with Crippen LogP contribution in [-0.2, 0) is 0 Å². The number of likely N-dealkylation sites (tertiary alicyclic amines) is 1. The fourth-order valence-electron chi connectivity index (χ4n) is 3.09. The van der Waals surface area contributed by atoms with Crippen molar-refractivity contribution in [1.29, 1.82) is 0 Å². The van der Waals surface area contributed by atoms with E-state index in [1.54, 1.807) is 0 Å². The molecule has 1 heterocycles. The van der Waals surface area contributed by atoms with Crippen LogP contribution in [0.1, 0.15) is 33.6 Å². The third-order valence-electron chi connectivity index (χ3n) is 4.55. The van der Waals surface area contributed by atoms with Gasteiger partial charge in [-0.1, -0.05) is 0 Å². The quantitative estimate of drug-likeness (QED) is 0.698. The lowest BCUT2D eigenvalue weighted by Gasteiger charge is -2.32. The number of phenolic OH excluding ortho intramolecular Hbond substituents is 2. The average Bonchev–Trinajstić information content (AvgIpc) is 2.65. The summed E-state index contributed by atoms with van der Waals surface area (Å²) in [6.07, 6.45) is 0.737. The molecule has 1 fully saturated rings. The van der Waals surface area contributed by atoms with E-state index >= 15 is 0 Å². The third-order valence-corrected chi connectivity index (χ3v) is 4.55. The van der Waals surface area contributed by atoms with Crippen LogP contribution in [0.2, 0.25) is 0 Å². The molecule has 148 valence electrons. The maximum atomic E-state index is 13.7. The number of nitrogens with zero attached hydrogens (tertiary/aromatic N) is 1.